The highest BCUT2D eigenvalue weighted by atomic mass is 16.5. The standard InChI is InChI=1S/C28H48N2O5/c1-20(2)22(16-21-10-11-25(34-6)26(17-21)35-15-9-14-33-5)18-23(29)24(31)19-30-13-8-7-12-28(3,4)27(30)32/h10-11,17,20,22-24,31H,7-9,12-16,18-19,29H2,1-6H3. The molecule has 1 aromatic rings. The van der Waals surface area contributed by atoms with E-state index in [1.165, 1.54) is 0 Å². The van der Waals surface area contributed by atoms with Gasteiger partial charge in [0.25, 0.3) is 0 Å². The van der Waals surface area contributed by atoms with E-state index in [0.29, 0.717) is 44.4 Å². The van der Waals surface area contributed by atoms with Crippen LogP contribution in [0.5, 0.6) is 11.5 Å². The van der Waals surface area contributed by atoms with Crippen LogP contribution in [-0.4, -0.2) is 68.6 Å². The van der Waals surface area contributed by atoms with Crippen molar-refractivity contribution in [1.29, 1.82) is 0 Å². The highest BCUT2D eigenvalue weighted by molar-refractivity contribution is 5.82. The number of rotatable bonds is 14. The molecule has 3 atom stereocenters. The largest absolute Gasteiger partial charge is 0.493 e. The van der Waals surface area contributed by atoms with E-state index in [9.17, 15) is 9.90 Å². The zero-order chi connectivity index (χ0) is 26.0. The van der Waals surface area contributed by atoms with Crippen molar-refractivity contribution in [1.82, 2.24) is 4.90 Å². The molecule has 1 aliphatic heterocycles. The zero-order valence-electron chi connectivity index (χ0n) is 22.7. The van der Waals surface area contributed by atoms with Gasteiger partial charge < -0.3 is 30.0 Å². The van der Waals surface area contributed by atoms with Crippen LogP contribution in [-0.2, 0) is 16.0 Å². The molecule has 35 heavy (non-hydrogen) atoms. The van der Waals surface area contributed by atoms with Crippen molar-refractivity contribution in [2.45, 2.75) is 78.4 Å². The second-order valence-electron chi connectivity index (χ2n) is 10.9. The minimum atomic E-state index is -0.746. The Bertz CT molecular complexity index is 783. The number of aliphatic hydroxyl groups excluding tert-OH is 1. The third kappa shape index (κ3) is 8.96. The van der Waals surface area contributed by atoms with Crippen molar-refractivity contribution in [2.24, 2.45) is 23.0 Å². The second-order valence-corrected chi connectivity index (χ2v) is 10.9. The maximum atomic E-state index is 12.9. The van der Waals surface area contributed by atoms with Crippen molar-refractivity contribution in [3.8, 4) is 11.5 Å². The van der Waals surface area contributed by atoms with Crippen LogP contribution in [0.4, 0.5) is 0 Å². The molecule has 1 aromatic carbocycles. The number of likely N-dealkylation sites (tertiary alicyclic amines) is 1. The third-order valence-corrected chi connectivity index (χ3v) is 7.24. The molecule has 3 N–H and O–H groups in total. The molecular formula is C28H48N2O5. The Hall–Kier alpha value is -1.83. The number of methoxy groups -OCH3 is 2. The number of carbonyl (C=O) groups excluding carboxylic acids is 1. The van der Waals surface area contributed by atoms with Gasteiger partial charge in [0, 0.05) is 44.7 Å². The predicted molar refractivity (Wildman–Crippen MR) is 140 cm³/mol. The van der Waals surface area contributed by atoms with Crippen LogP contribution < -0.4 is 15.2 Å². The van der Waals surface area contributed by atoms with Crippen molar-refractivity contribution >= 4 is 5.91 Å². The molecular weight excluding hydrogens is 444 g/mol. The predicted octanol–water partition coefficient (Wildman–Crippen LogP) is 4.04. The lowest BCUT2D eigenvalue weighted by molar-refractivity contribution is -0.141. The minimum Gasteiger partial charge on any atom is -0.493 e. The molecule has 1 amide bonds. The maximum absolute atomic E-state index is 12.9. The molecule has 0 aromatic heterocycles. The van der Waals surface area contributed by atoms with Gasteiger partial charge in [-0.25, -0.2) is 0 Å². The average molecular weight is 493 g/mol. The fourth-order valence-corrected chi connectivity index (χ4v) is 4.79. The van der Waals surface area contributed by atoms with Gasteiger partial charge in [-0.3, -0.25) is 4.79 Å². The molecule has 0 bridgehead atoms. The number of benzene rings is 1. The number of β-amino-alcohol motifs (C(OH)–C–C–N with tert-alkyl or cyclic N) is 1. The van der Waals surface area contributed by atoms with Crippen LogP contribution in [0.3, 0.4) is 0 Å². The quantitative estimate of drug-likeness (QED) is 0.381. The molecule has 1 aliphatic rings. The Morgan fingerprint density at radius 3 is 2.54 bits per heavy atom. The second kappa shape index (κ2) is 14.0. The summed E-state index contributed by atoms with van der Waals surface area (Å²) in [5.41, 5.74) is 7.28. The van der Waals surface area contributed by atoms with Crippen LogP contribution in [0, 0.1) is 17.3 Å². The highest BCUT2D eigenvalue weighted by Gasteiger charge is 2.35. The van der Waals surface area contributed by atoms with Crippen LogP contribution in [0.25, 0.3) is 0 Å². The Balaban J connectivity index is 2.02. The van der Waals surface area contributed by atoms with E-state index < -0.39 is 12.1 Å². The summed E-state index contributed by atoms with van der Waals surface area (Å²) < 4.78 is 16.5. The van der Waals surface area contributed by atoms with E-state index in [1.807, 2.05) is 30.9 Å². The number of aliphatic hydroxyl groups is 1. The molecule has 1 heterocycles. The summed E-state index contributed by atoms with van der Waals surface area (Å²) in [7, 11) is 3.33. The molecule has 1 fully saturated rings. The number of carbonyl (C=O) groups is 1. The molecule has 1 saturated heterocycles. The van der Waals surface area contributed by atoms with E-state index in [4.69, 9.17) is 19.9 Å². The first-order valence-corrected chi connectivity index (χ1v) is 13.1. The number of ether oxygens (including phenoxy) is 3. The van der Waals surface area contributed by atoms with E-state index >= 15 is 0 Å². The third-order valence-electron chi connectivity index (χ3n) is 7.24. The van der Waals surface area contributed by atoms with Gasteiger partial charge in [-0.2, -0.15) is 0 Å². The Labute approximate surface area is 212 Å². The summed E-state index contributed by atoms with van der Waals surface area (Å²) in [5, 5.41) is 10.9. The molecule has 0 saturated carbocycles. The molecule has 7 heteroatoms. The molecule has 0 radical (unpaired) electrons. The van der Waals surface area contributed by atoms with Crippen molar-refractivity contribution in [3.05, 3.63) is 23.8 Å². The molecule has 2 rings (SSSR count). The lowest BCUT2D eigenvalue weighted by Crippen LogP contribution is -2.49. The minimum absolute atomic E-state index is 0.123. The first-order valence-electron chi connectivity index (χ1n) is 13.1. The van der Waals surface area contributed by atoms with Gasteiger partial charge in [-0.15, -0.1) is 0 Å². The van der Waals surface area contributed by atoms with E-state index in [0.717, 1.165) is 43.4 Å². The SMILES string of the molecule is COCCCOc1cc(CC(CC(N)C(O)CN2CCCCC(C)(C)C2=O)C(C)C)ccc1OC. The fourth-order valence-electron chi connectivity index (χ4n) is 4.79. The molecule has 7 nitrogen and oxygen atoms in total. The number of hydrogen-bond donors (Lipinski definition) is 2. The van der Waals surface area contributed by atoms with Gasteiger partial charge in [0.05, 0.1) is 19.8 Å². The van der Waals surface area contributed by atoms with Gasteiger partial charge in [0.2, 0.25) is 5.91 Å². The Kier molecular flexibility index (Phi) is 11.8. The Morgan fingerprint density at radius 2 is 1.89 bits per heavy atom. The lowest BCUT2D eigenvalue weighted by atomic mass is 9.83. The average Bonchev–Trinajstić information content (AvgIpc) is 2.94. The van der Waals surface area contributed by atoms with Gasteiger partial charge in [0.15, 0.2) is 11.5 Å². The zero-order valence-corrected chi connectivity index (χ0v) is 22.7. The summed E-state index contributed by atoms with van der Waals surface area (Å²) in [5.74, 6) is 2.24. The summed E-state index contributed by atoms with van der Waals surface area (Å²) in [4.78, 5) is 14.8. The first-order chi connectivity index (χ1) is 16.6. The van der Waals surface area contributed by atoms with Crippen LogP contribution in [0.2, 0.25) is 0 Å². The fraction of sp³-hybridized carbons (Fsp3) is 0.750. The van der Waals surface area contributed by atoms with Gasteiger partial charge in [-0.1, -0.05) is 40.2 Å². The van der Waals surface area contributed by atoms with Gasteiger partial charge in [-0.05, 0) is 55.2 Å². The van der Waals surface area contributed by atoms with Crippen molar-refractivity contribution in [3.63, 3.8) is 0 Å². The summed E-state index contributed by atoms with van der Waals surface area (Å²) >= 11 is 0. The summed E-state index contributed by atoms with van der Waals surface area (Å²) in [6, 6.07) is 5.65. The summed E-state index contributed by atoms with van der Waals surface area (Å²) in [6.45, 7) is 10.6. The lowest BCUT2D eigenvalue weighted by Gasteiger charge is -2.33. The smallest absolute Gasteiger partial charge is 0.228 e. The van der Waals surface area contributed by atoms with E-state index in [-0.39, 0.29) is 17.2 Å². The molecule has 3 unspecified atom stereocenters. The number of nitrogens with two attached hydrogens (primary N) is 1. The van der Waals surface area contributed by atoms with Crippen molar-refractivity contribution < 1.29 is 24.1 Å². The monoisotopic (exact) mass is 492 g/mol. The highest BCUT2D eigenvalue weighted by Crippen LogP contribution is 2.32. The maximum Gasteiger partial charge on any atom is 0.228 e. The summed E-state index contributed by atoms with van der Waals surface area (Å²) in [6.07, 6.45) is 4.46. The first kappa shape index (κ1) is 29.4. The van der Waals surface area contributed by atoms with Crippen LogP contribution in [0.15, 0.2) is 18.2 Å². The topological polar surface area (TPSA) is 94.3 Å². The number of hydrogen-bond acceptors (Lipinski definition) is 6. The van der Waals surface area contributed by atoms with E-state index in [2.05, 4.69) is 19.9 Å². The van der Waals surface area contributed by atoms with Crippen LogP contribution in [0.1, 0.15) is 65.4 Å². The Morgan fingerprint density at radius 1 is 1.14 bits per heavy atom. The molecule has 200 valence electrons. The van der Waals surface area contributed by atoms with E-state index in [1.54, 1.807) is 14.2 Å². The molecule has 0 spiro atoms. The number of amides is 1. The normalized spacial score (nSPS) is 18.8. The van der Waals surface area contributed by atoms with Crippen LogP contribution >= 0.6 is 0 Å². The van der Waals surface area contributed by atoms with Gasteiger partial charge in [0.1, 0.15) is 0 Å². The number of nitrogens with zero attached hydrogens (tertiary/aromatic N) is 1. The van der Waals surface area contributed by atoms with Gasteiger partial charge >= 0.3 is 0 Å². The van der Waals surface area contributed by atoms with Crippen molar-refractivity contribution in [2.75, 3.05) is 40.5 Å². The molecule has 0 aliphatic carbocycles.